The molecule has 2 aromatic heterocycles. The molecule has 4 rings (SSSR count). The maximum absolute atomic E-state index is 4.79. The number of piperazine rings is 1. The van der Waals surface area contributed by atoms with Gasteiger partial charge in [0, 0.05) is 48.7 Å². The van der Waals surface area contributed by atoms with Crippen molar-refractivity contribution >= 4 is 23.4 Å². The lowest BCUT2D eigenvalue weighted by atomic mass is 10.2. The molecule has 0 radical (unpaired) electrons. The average Bonchev–Trinajstić information content (AvgIpc) is 3.11. The van der Waals surface area contributed by atoms with E-state index in [-0.39, 0.29) is 0 Å². The van der Waals surface area contributed by atoms with E-state index in [1.165, 1.54) is 29.1 Å². The number of hydrogen-bond acceptors (Lipinski definition) is 7. The molecular formula is C19H26N6S. The highest BCUT2D eigenvalue weighted by Crippen LogP contribution is 2.30. The van der Waals surface area contributed by atoms with Crippen molar-refractivity contribution in [3.8, 4) is 0 Å². The molecule has 1 saturated heterocycles. The number of anilines is 2. The van der Waals surface area contributed by atoms with Crippen LogP contribution < -0.4 is 9.80 Å². The number of thioether (sulfide) groups is 1. The number of nitrogens with zero attached hydrogens (tertiary/aromatic N) is 6. The van der Waals surface area contributed by atoms with E-state index in [1.807, 2.05) is 13.2 Å². The maximum Gasteiger partial charge on any atom is 0.189 e. The fourth-order valence-corrected chi connectivity index (χ4v) is 4.32. The van der Waals surface area contributed by atoms with Gasteiger partial charge in [-0.2, -0.15) is 0 Å². The smallest absolute Gasteiger partial charge is 0.189 e. The molecule has 1 aliphatic carbocycles. The molecule has 3 heterocycles. The van der Waals surface area contributed by atoms with Crippen molar-refractivity contribution in [2.75, 3.05) is 42.2 Å². The molecule has 0 unspecified atom stereocenters. The van der Waals surface area contributed by atoms with Gasteiger partial charge in [0.2, 0.25) is 0 Å². The predicted octanol–water partition coefficient (Wildman–Crippen LogP) is 2.73. The topological polar surface area (TPSA) is 58.0 Å². The van der Waals surface area contributed by atoms with Crippen LogP contribution >= 0.6 is 11.8 Å². The first-order valence-corrected chi connectivity index (χ1v) is 10.5. The van der Waals surface area contributed by atoms with Gasteiger partial charge in [0.05, 0.1) is 0 Å². The number of rotatable bonds is 3. The van der Waals surface area contributed by atoms with Gasteiger partial charge in [-0.1, -0.05) is 11.8 Å². The molecule has 26 heavy (non-hydrogen) atoms. The molecule has 0 bridgehead atoms. The summed E-state index contributed by atoms with van der Waals surface area (Å²) in [5.74, 6) is 3.16. The van der Waals surface area contributed by atoms with E-state index in [4.69, 9.17) is 9.97 Å². The van der Waals surface area contributed by atoms with E-state index in [2.05, 4.69) is 33.6 Å². The number of hydrogen-bond donors (Lipinski definition) is 0. The zero-order valence-corrected chi connectivity index (χ0v) is 16.9. The standard InChI is InChI=1S/C19H26N6S/c1-12-13(2)20-19(26-4)23-17(12)24-8-10-25(11-9-24)18-15-6-5-7-16(15)21-14(3)22-18/h5-11H2,1-4H3. The van der Waals surface area contributed by atoms with Crippen molar-refractivity contribution in [1.29, 1.82) is 0 Å². The van der Waals surface area contributed by atoms with Crippen molar-refractivity contribution in [2.24, 2.45) is 0 Å². The second kappa shape index (κ2) is 7.02. The molecule has 7 heteroatoms. The van der Waals surface area contributed by atoms with Crippen molar-refractivity contribution in [2.45, 2.75) is 45.2 Å². The average molecular weight is 371 g/mol. The van der Waals surface area contributed by atoms with Gasteiger partial charge >= 0.3 is 0 Å². The van der Waals surface area contributed by atoms with Gasteiger partial charge in [0.1, 0.15) is 17.5 Å². The Labute approximate surface area is 159 Å². The SMILES string of the molecule is CSc1nc(C)c(C)c(N2CCN(c3nc(C)nc4c3CCC4)CC2)n1. The molecule has 6 nitrogen and oxygen atoms in total. The van der Waals surface area contributed by atoms with Crippen molar-refractivity contribution in [1.82, 2.24) is 19.9 Å². The zero-order chi connectivity index (χ0) is 18.3. The molecule has 1 fully saturated rings. The monoisotopic (exact) mass is 370 g/mol. The van der Waals surface area contributed by atoms with Crippen LogP contribution in [0, 0.1) is 20.8 Å². The first kappa shape index (κ1) is 17.5. The number of fused-ring (bicyclic) bond motifs is 1. The van der Waals surface area contributed by atoms with Crippen LogP contribution in [0.4, 0.5) is 11.6 Å². The number of aryl methyl sites for hydroxylation is 3. The molecule has 0 spiro atoms. The molecule has 0 N–H and O–H groups in total. The summed E-state index contributed by atoms with van der Waals surface area (Å²) in [6.45, 7) is 10.1. The molecule has 0 amide bonds. The summed E-state index contributed by atoms with van der Waals surface area (Å²) in [4.78, 5) is 23.6. The summed E-state index contributed by atoms with van der Waals surface area (Å²) < 4.78 is 0. The summed E-state index contributed by atoms with van der Waals surface area (Å²) in [6.07, 6.45) is 5.45. The Morgan fingerprint density at radius 2 is 1.50 bits per heavy atom. The molecule has 0 atom stereocenters. The Hall–Kier alpha value is -1.89. The lowest BCUT2D eigenvalue weighted by molar-refractivity contribution is 0.631. The van der Waals surface area contributed by atoms with Crippen LogP contribution in [0.3, 0.4) is 0 Å². The molecule has 2 aliphatic rings. The molecule has 0 aromatic carbocycles. The predicted molar refractivity (Wildman–Crippen MR) is 107 cm³/mol. The normalized spacial score (nSPS) is 16.9. The minimum absolute atomic E-state index is 0.856. The van der Waals surface area contributed by atoms with Gasteiger partial charge in [-0.3, -0.25) is 0 Å². The fraction of sp³-hybridized carbons (Fsp3) is 0.579. The van der Waals surface area contributed by atoms with Crippen LogP contribution in [-0.4, -0.2) is 52.4 Å². The highest BCUT2D eigenvalue weighted by atomic mass is 32.2. The van der Waals surface area contributed by atoms with Crippen molar-refractivity contribution < 1.29 is 0 Å². The van der Waals surface area contributed by atoms with Crippen molar-refractivity contribution in [3.63, 3.8) is 0 Å². The van der Waals surface area contributed by atoms with E-state index >= 15 is 0 Å². The van der Waals surface area contributed by atoms with Gasteiger partial charge in [0.25, 0.3) is 0 Å². The largest absolute Gasteiger partial charge is 0.353 e. The summed E-state index contributed by atoms with van der Waals surface area (Å²) in [5, 5.41) is 0.856. The third kappa shape index (κ3) is 3.13. The van der Waals surface area contributed by atoms with Gasteiger partial charge < -0.3 is 9.80 Å². The molecule has 2 aromatic rings. The fourth-order valence-electron chi connectivity index (χ4n) is 3.91. The molecule has 0 saturated carbocycles. The first-order valence-electron chi connectivity index (χ1n) is 9.32. The summed E-state index contributed by atoms with van der Waals surface area (Å²) >= 11 is 1.61. The van der Waals surface area contributed by atoms with Crippen LogP contribution in [0.15, 0.2) is 5.16 Å². The zero-order valence-electron chi connectivity index (χ0n) is 16.0. The second-order valence-electron chi connectivity index (χ2n) is 7.09. The Kier molecular flexibility index (Phi) is 4.73. The van der Waals surface area contributed by atoms with E-state index in [9.17, 15) is 0 Å². The molecule has 138 valence electrons. The Morgan fingerprint density at radius 1 is 0.808 bits per heavy atom. The van der Waals surface area contributed by atoms with Crippen LogP contribution in [0.25, 0.3) is 0 Å². The lowest BCUT2D eigenvalue weighted by Crippen LogP contribution is -2.47. The third-order valence-electron chi connectivity index (χ3n) is 5.43. The van der Waals surface area contributed by atoms with E-state index in [0.29, 0.717) is 0 Å². The van der Waals surface area contributed by atoms with Crippen molar-refractivity contribution in [3.05, 3.63) is 28.3 Å². The Balaban J connectivity index is 1.55. The third-order valence-corrected chi connectivity index (χ3v) is 5.98. The quantitative estimate of drug-likeness (QED) is 0.608. The van der Waals surface area contributed by atoms with E-state index in [1.54, 1.807) is 11.8 Å². The highest BCUT2D eigenvalue weighted by molar-refractivity contribution is 7.98. The first-order chi connectivity index (χ1) is 12.6. The Bertz CT molecular complexity index is 829. The minimum atomic E-state index is 0.856. The number of aromatic nitrogens is 4. The maximum atomic E-state index is 4.79. The highest BCUT2D eigenvalue weighted by Gasteiger charge is 2.26. The van der Waals surface area contributed by atoms with Gasteiger partial charge in [-0.25, -0.2) is 19.9 Å². The summed E-state index contributed by atoms with van der Waals surface area (Å²) in [7, 11) is 0. The second-order valence-corrected chi connectivity index (χ2v) is 7.87. The lowest BCUT2D eigenvalue weighted by Gasteiger charge is -2.37. The summed E-state index contributed by atoms with van der Waals surface area (Å²) in [5.41, 5.74) is 4.91. The summed E-state index contributed by atoms with van der Waals surface area (Å²) in [6, 6.07) is 0. The molecule has 1 aliphatic heterocycles. The Morgan fingerprint density at radius 3 is 2.19 bits per heavy atom. The molecular weight excluding hydrogens is 344 g/mol. The van der Waals surface area contributed by atoms with Gasteiger partial charge in [-0.15, -0.1) is 0 Å². The minimum Gasteiger partial charge on any atom is -0.353 e. The van der Waals surface area contributed by atoms with Gasteiger partial charge in [-0.05, 0) is 46.3 Å². The van der Waals surface area contributed by atoms with Crippen LogP contribution in [0.5, 0.6) is 0 Å². The van der Waals surface area contributed by atoms with E-state index < -0.39 is 0 Å². The van der Waals surface area contributed by atoms with Crippen LogP contribution in [-0.2, 0) is 12.8 Å². The van der Waals surface area contributed by atoms with Crippen LogP contribution in [0.1, 0.15) is 34.8 Å². The van der Waals surface area contributed by atoms with E-state index in [0.717, 1.165) is 61.5 Å². The van der Waals surface area contributed by atoms with Crippen LogP contribution in [0.2, 0.25) is 0 Å². The van der Waals surface area contributed by atoms with Gasteiger partial charge in [0.15, 0.2) is 5.16 Å².